The Balaban J connectivity index is 2.70. The largest absolute Gasteiger partial charge is 0.499 e. The Kier molecular flexibility index (Phi) is 5.35. The van der Waals surface area contributed by atoms with Gasteiger partial charge in [-0.2, -0.15) is 0 Å². The van der Waals surface area contributed by atoms with Gasteiger partial charge in [0.25, 0.3) is 0 Å². The summed E-state index contributed by atoms with van der Waals surface area (Å²) in [6.45, 7) is 7.17. The van der Waals surface area contributed by atoms with Gasteiger partial charge < -0.3 is 9.07 Å². The van der Waals surface area contributed by atoms with Crippen LogP contribution in [0, 0.1) is 0 Å². The molecular formula is C17H21ClMgSi. The van der Waals surface area contributed by atoms with Crippen molar-refractivity contribution in [2.75, 3.05) is 0 Å². The smallest absolute Gasteiger partial charge is 0.346 e. The lowest BCUT2D eigenvalue weighted by Crippen LogP contribution is -2.64. The second kappa shape index (κ2) is 6.65. The summed E-state index contributed by atoms with van der Waals surface area (Å²) < 4.78 is 1.21. The van der Waals surface area contributed by atoms with Crippen molar-refractivity contribution in [2.45, 2.75) is 30.0 Å². The van der Waals surface area contributed by atoms with Gasteiger partial charge in [-0.1, -0.05) is 91.8 Å². The molecule has 0 aliphatic rings. The van der Waals surface area contributed by atoms with Crippen molar-refractivity contribution < 1.29 is 0 Å². The minimum Gasteiger partial charge on any atom is -0.346 e. The standard InChI is InChI=1S/C17H21Si.ClH.Mg/c1-17(2,3)18(4,15-11-7-5-8-12-15)16-13-9-6-10-14-16;;/h5-14H,4H2,1-3H3;1H;/q;;+1/p-1. The molecule has 0 radical (unpaired) electrons. The van der Waals surface area contributed by atoms with E-state index >= 15 is 0 Å². The van der Waals surface area contributed by atoms with E-state index in [9.17, 15) is 0 Å². The first-order valence-corrected chi connectivity index (χ1v) is 12.5. The molecule has 2 rings (SSSR count). The summed E-state index contributed by atoms with van der Waals surface area (Å²) in [5.41, 5.74) is 0. The van der Waals surface area contributed by atoms with Crippen molar-refractivity contribution in [3.05, 3.63) is 60.7 Å². The van der Waals surface area contributed by atoms with Crippen LogP contribution in [0.4, 0.5) is 0 Å². The fraction of sp³-hybridized carbons (Fsp3) is 0.294. The van der Waals surface area contributed by atoms with Crippen LogP contribution in [0.1, 0.15) is 20.8 Å². The molecule has 0 N–H and O–H groups in total. The molecule has 0 atom stereocenters. The molecule has 102 valence electrons. The van der Waals surface area contributed by atoms with Gasteiger partial charge in [0.05, 0.1) is 0 Å². The van der Waals surface area contributed by atoms with E-state index in [1.54, 1.807) is 0 Å². The normalized spacial score (nSPS) is 12.0. The molecule has 0 aliphatic carbocycles. The zero-order valence-corrected chi connectivity index (χ0v) is 15.7. The molecule has 0 spiro atoms. The lowest BCUT2D eigenvalue weighted by atomic mass is 10.2. The van der Waals surface area contributed by atoms with Crippen molar-refractivity contribution in [2.24, 2.45) is 0 Å². The molecular weight excluding hydrogens is 292 g/mol. The molecule has 0 saturated carbocycles. The third-order valence-corrected chi connectivity index (χ3v) is 14.9. The van der Waals surface area contributed by atoms with Gasteiger partial charge in [0.1, 0.15) is 8.07 Å². The molecule has 3 heteroatoms. The third-order valence-electron chi connectivity index (χ3n) is 4.28. The van der Waals surface area contributed by atoms with E-state index in [2.05, 4.69) is 81.4 Å². The first kappa shape index (κ1) is 16.1. The molecule has 0 amide bonds. The number of hydrogen-bond donors (Lipinski definition) is 0. The van der Waals surface area contributed by atoms with E-state index in [-0.39, 0.29) is 5.04 Å². The Morgan fingerprint density at radius 3 is 1.55 bits per heavy atom. The number of benzene rings is 2. The van der Waals surface area contributed by atoms with Crippen LogP contribution in [0.5, 0.6) is 0 Å². The predicted octanol–water partition coefficient (Wildman–Crippen LogP) is 3.87. The van der Waals surface area contributed by atoms with E-state index in [0.717, 1.165) is 0 Å². The monoisotopic (exact) mass is 312 g/mol. The Hall–Kier alpha value is -0.287. The van der Waals surface area contributed by atoms with Crippen LogP contribution < -0.4 is 10.4 Å². The summed E-state index contributed by atoms with van der Waals surface area (Å²) in [5, 5.41) is 3.30. The average Bonchev–Trinajstić information content (AvgIpc) is 2.45. The van der Waals surface area contributed by atoms with Crippen molar-refractivity contribution in [3.8, 4) is 0 Å². The highest BCUT2D eigenvalue weighted by molar-refractivity contribution is 7.13. The maximum absolute atomic E-state index is 6.37. The first-order chi connectivity index (χ1) is 9.52. The first-order valence-electron chi connectivity index (χ1n) is 7.19. The molecule has 0 saturated heterocycles. The summed E-state index contributed by atoms with van der Waals surface area (Å²) in [6.07, 6.45) is 0. The van der Waals surface area contributed by atoms with Crippen molar-refractivity contribution >= 4 is 46.8 Å². The maximum atomic E-state index is 6.37. The van der Waals surface area contributed by atoms with Crippen molar-refractivity contribution in [1.29, 1.82) is 0 Å². The lowest BCUT2D eigenvalue weighted by Gasteiger charge is -2.44. The Morgan fingerprint density at radius 2 is 1.25 bits per heavy atom. The quantitative estimate of drug-likeness (QED) is 0.752. The van der Waals surface area contributed by atoms with E-state index < -0.39 is 27.3 Å². The minimum atomic E-state index is -1.82. The van der Waals surface area contributed by atoms with Gasteiger partial charge in [0.15, 0.2) is 0 Å². The molecule has 2 aromatic carbocycles. The van der Waals surface area contributed by atoms with E-state index in [4.69, 9.17) is 9.07 Å². The lowest BCUT2D eigenvalue weighted by molar-refractivity contribution is 0.732. The zero-order chi connectivity index (χ0) is 14.6. The Labute approximate surface area is 137 Å². The van der Waals surface area contributed by atoms with Crippen LogP contribution >= 0.6 is 9.07 Å². The second-order valence-corrected chi connectivity index (χ2v) is 14.3. The summed E-state index contributed by atoms with van der Waals surface area (Å²) in [7, 11) is 4.55. The topological polar surface area (TPSA) is 0 Å². The second-order valence-electron chi connectivity index (χ2n) is 6.33. The van der Waals surface area contributed by atoms with E-state index in [1.807, 2.05) is 0 Å². The zero-order valence-electron chi connectivity index (χ0n) is 12.6. The van der Waals surface area contributed by atoms with E-state index in [1.165, 1.54) is 14.5 Å². The molecule has 0 unspecified atom stereocenters. The summed E-state index contributed by atoms with van der Waals surface area (Å²) >= 11 is -0.524. The highest BCUT2D eigenvalue weighted by atomic mass is 35.5. The predicted molar refractivity (Wildman–Crippen MR) is 94.0 cm³/mol. The highest BCUT2D eigenvalue weighted by Crippen LogP contribution is 2.38. The van der Waals surface area contributed by atoms with Crippen LogP contribution in [-0.2, 0) is 0 Å². The fourth-order valence-electron chi connectivity index (χ4n) is 3.28. The summed E-state index contributed by atoms with van der Waals surface area (Å²) in [4.78, 5) is 0. The SMILES string of the molecule is CC(C)(C)[Si]([CH2][Mg][Cl])(c1ccccc1)c1ccccc1. The molecule has 0 nitrogen and oxygen atoms in total. The maximum Gasteiger partial charge on any atom is 0.499 e. The molecule has 0 aromatic heterocycles. The number of hydrogen-bond acceptors (Lipinski definition) is 0. The average molecular weight is 313 g/mol. The van der Waals surface area contributed by atoms with Gasteiger partial charge in [-0.25, -0.2) is 0 Å². The van der Waals surface area contributed by atoms with Crippen molar-refractivity contribution in [1.82, 2.24) is 0 Å². The molecule has 0 fully saturated rings. The van der Waals surface area contributed by atoms with Crippen molar-refractivity contribution in [3.63, 3.8) is 0 Å². The van der Waals surface area contributed by atoms with Gasteiger partial charge in [-0.15, -0.1) is 4.17 Å². The number of rotatable bonds is 4. The van der Waals surface area contributed by atoms with Gasteiger partial charge in [0, 0.05) is 0 Å². The van der Waals surface area contributed by atoms with Gasteiger partial charge in [-0.3, -0.25) is 0 Å². The van der Waals surface area contributed by atoms with Crippen LogP contribution in [0.15, 0.2) is 60.7 Å². The fourth-order valence-corrected chi connectivity index (χ4v) is 15.9. The van der Waals surface area contributed by atoms with Crippen LogP contribution in [0.2, 0.25) is 9.21 Å². The van der Waals surface area contributed by atoms with Gasteiger partial charge >= 0.3 is 19.3 Å². The highest BCUT2D eigenvalue weighted by Gasteiger charge is 2.46. The molecule has 2 aromatic rings. The van der Waals surface area contributed by atoms with Crippen LogP contribution in [0.3, 0.4) is 0 Å². The van der Waals surface area contributed by atoms with Gasteiger partial charge in [0.2, 0.25) is 0 Å². The van der Waals surface area contributed by atoms with Gasteiger partial charge in [-0.05, 0) is 5.04 Å². The molecule has 0 heterocycles. The van der Waals surface area contributed by atoms with Crippen LogP contribution in [0.25, 0.3) is 0 Å². The van der Waals surface area contributed by atoms with Crippen LogP contribution in [-0.4, -0.2) is 27.3 Å². The Bertz CT molecular complexity index is 494. The van der Waals surface area contributed by atoms with E-state index in [0.29, 0.717) is 0 Å². The minimum absolute atomic E-state index is 0.262. The number of halogens is 1. The molecule has 0 bridgehead atoms. The summed E-state index contributed by atoms with van der Waals surface area (Å²) in [6, 6.07) is 22.1. The summed E-state index contributed by atoms with van der Waals surface area (Å²) in [5.74, 6) is 0. The Morgan fingerprint density at radius 1 is 0.850 bits per heavy atom. The molecule has 20 heavy (non-hydrogen) atoms. The third kappa shape index (κ3) is 2.98. The molecule has 0 aliphatic heterocycles.